The summed E-state index contributed by atoms with van der Waals surface area (Å²) in [5.74, 6) is -3.83. The molecule has 3 N–H and O–H groups in total. The van der Waals surface area contributed by atoms with Gasteiger partial charge in [-0.25, -0.2) is 8.78 Å². The third-order valence-electron chi connectivity index (χ3n) is 3.71. The van der Waals surface area contributed by atoms with Crippen LogP contribution >= 0.6 is 11.3 Å². The topological polar surface area (TPSA) is 78.4 Å². The van der Waals surface area contributed by atoms with Gasteiger partial charge in [-0.2, -0.15) is 0 Å². The summed E-state index contributed by atoms with van der Waals surface area (Å²) in [5, 5.41) is 17.2. The van der Waals surface area contributed by atoms with Crippen molar-refractivity contribution < 1.29 is 23.5 Å². The lowest BCUT2D eigenvalue weighted by molar-refractivity contribution is -0.136. The van der Waals surface area contributed by atoms with E-state index in [1.807, 2.05) is 29.6 Å². The van der Waals surface area contributed by atoms with E-state index in [-0.39, 0.29) is 6.54 Å². The second kappa shape index (κ2) is 7.59. The Balaban J connectivity index is 1.61. The summed E-state index contributed by atoms with van der Waals surface area (Å²) in [4.78, 5) is 23.6. The quantitative estimate of drug-likeness (QED) is 0.613. The average molecular weight is 376 g/mol. The van der Waals surface area contributed by atoms with E-state index in [4.69, 9.17) is 0 Å². The maximum absolute atomic E-state index is 13.5. The zero-order valence-electron chi connectivity index (χ0n) is 13.3. The monoisotopic (exact) mass is 376 g/mol. The van der Waals surface area contributed by atoms with Gasteiger partial charge in [0, 0.05) is 22.9 Å². The Morgan fingerprint density at radius 2 is 1.88 bits per heavy atom. The van der Waals surface area contributed by atoms with Crippen LogP contribution in [0.5, 0.6) is 0 Å². The van der Waals surface area contributed by atoms with Crippen molar-refractivity contribution in [1.29, 1.82) is 0 Å². The van der Waals surface area contributed by atoms with Gasteiger partial charge in [0.15, 0.2) is 0 Å². The van der Waals surface area contributed by atoms with Crippen molar-refractivity contribution in [2.24, 2.45) is 0 Å². The van der Waals surface area contributed by atoms with Crippen LogP contribution in [0, 0.1) is 11.6 Å². The van der Waals surface area contributed by atoms with E-state index in [9.17, 15) is 23.5 Å². The molecule has 0 fully saturated rings. The molecular weight excluding hydrogens is 362 g/mol. The van der Waals surface area contributed by atoms with Gasteiger partial charge in [-0.1, -0.05) is 18.2 Å². The van der Waals surface area contributed by atoms with Crippen molar-refractivity contribution in [3.63, 3.8) is 0 Å². The molecule has 3 aromatic rings. The first kappa shape index (κ1) is 18.0. The molecule has 0 bridgehead atoms. The van der Waals surface area contributed by atoms with Crippen LogP contribution in [0.3, 0.4) is 0 Å². The molecule has 134 valence electrons. The van der Waals surface area contributed by atoms with Gasteiger partial charge in [0.1, 0.15) is 11.6 Å². The third kappa shape index (κ3) is 3.87. The van der Waals surface area contributed by atoms with Crippen LogP contribution in [0.15, 0.2) is 47.8 Å². The summed E-state index contributed by atoms with van der Waals surface area (Å²) < 4.78 is 27.6. The van der Waals surface area contributed by atoms with E-state index in [1.165, 1.54) is 11.3 Å². The van der Waals surface area contributed by atoms with Crippen LogP contribution in [0.2, 0.25) is 0 Å². The summed E-state index contributed by atoms with van der Waals surface area (Å²) in [6.45, 7) is -0.196. The van der Waals surface area contributed by atoms with Gasteiger partial charge in [-0.15, -0.1) is 11.3 Å². The molecule has 0 saturated carbocycles. The highest BCUT2D eigenvalue weighted by molar-refractivity contribution is 7.17. The summed E-state index contributed by atoms with van der Waals surface area (Å²) in [7, 11) is 0. The molecule has 1 unspecified atom stereocenters. The maximum Gasteiger partial charge on any atom is 0.313 e. The Kier molecular flexibility index (Phi) is 5.24. The minimum absolute atomic E-state index is 0.196. The number of amides is 2. The zero-order chi connectivity index (χ0) is 18.7. The zero-order valence-corrected chi connectivity index (χ0v) is 14.1. The molecule has 0 aliphatic rings. The van der Waals surface area contributed by atoms with Crippen molar-refractivity contribution in [3.05, 3.63) is 65.0 Å². The molecule has 26 heavy (non-hydrogen) atoms. The highest BCUT2D eigenvalue weighted by Crippen LogP contribution is 2.29. The number of thiophene rings is 1. The van der Waals surface area contributed by atoms with Crippen molar-refractivity contribution in [2.45, 2.75) is 6.10 Å². The van der Waals surface area contributed by atoms with Gasteiger partial charge in [0.2, 0.25) is 0 Å². The predicted octanol–water partition coefficient (Wildman–Crippen LogP) is 2.97. The Morgan fingerprint density at radius 3 is 2.69 bits per heavy atom. The number of benzene rings is 2. The standard InChI is InChI=1S/C18H14F2N2O3S/c19-10-5-6-13(20)14(7-10)22-18(25)17(24)21-8-15(23)12-9-26-16-4-2-1-3-11(12)16/h1-7,9,15,23H,8H2,(H,21,24)(H,22,25). The molecule has 1 heterocycles. The van der Waals surface area contributed by atoms with Gasteiger partial charge in [0.25, 0.3) is 0 Å². The van der Waals surface area contributed by atoms with E-state index >= 15 is 0 Å². The Morgan fingerprint density at radius 1 is 1.12 bits per heavy atom. The lowest BCUT2D eigenvalue weighted by Crippen LogP contribution is -2.37. The summed E-state index contributed by atoms with van der Waals surface area (Å²) >= 11 is 1.46. The number of nitrogens with one attached hydrogen (secondary N) is 2. The number of anilines is 1. The molecule has 0 radical (unpaired) electrons. The second-order valence-corrected chi connectivity index (χ2v) is 6.40. The number of halogens is 2. The second-order valence-electron chi connectivity index (χ2n) is 5.49. The minimum atomic E-state index is -1.16. The number of hydrogen-bond acceptors (Lipinski definition) is 4. The van der Waals surface area contributed by atoms with E-state index in [1.54, 1.807) is 5.38 Å². The highest BCUT2D eigenvalue weighted by Gasteiger charge is 2.19. The van der Waals surface area contributed by atoms with Crippen molar-refractivity contribution >= 4 is 38.9 Å². The summed E-state index contributed by atoms with van der Waals surface area (Å²) in [6.07, 6.45) is -1.01. The lowest BCUT2D eigenvalue weighted by atomic mass is 10.1. The van der Waals surface area contributed by atoms with Crippen LogP contribution in [0.4, 0.5) is 14.5 Å². The van der Waals surface area contributed by atoms with Gasteiger partial charge in [0.05, 0.1) is 11.8 Å². The van der Waals surface area contributed by atoms with Crippen LogP contribution in [-0.4, -0.2) is 23.5 Å². The first-order valence-corrected chi connectivity index (χ1v) is 8.52. The number of carbonyl (C=O) groups excluding carboxylic acids is 2. The first-order valence-electron chi connectivity index (χ1n) is 7.64. The molecule has 3 rings (SSSR count). The molecule has 1 aromatic heterocycles. The number of carbonyl (C=O) groups is 2. The van der Waals surface area contributed by atoms with E-state index in [0.29, 0.717) is 5.56 Å². The number of aliphatic hydroxyl groups is 1. The average Bonchev–Trinajstić information content (AvgIpc) is 3.06. The largest absolute Gasteiger partial charge is 0.387 e. The van der Waals surface area contributed by atoms with Crippen LogP contribution in [0.25, 0.3) is 10.1 Å². The van der Waals surface area contributed by atoms with Crippen molar-refractivity contribution in [3.8, 4) is 0 Å². The SMILES string of the molecule is O=C(NCC(O)c1csc2ccccc12)C(=O)Nc1cc(F)ccc1F. The molecule has 1 atom stereocenters. The van der Waals surface area contributed by atoms with Crippen molar-refractivity contribution in [2.75, 3.05) is 11.9 Å². The van der Waals surface area contributed by atoms with E-state index < -0.39 is 35.2 Å². The van der Waals surface area contributed by atoms with Gasteiger partial charge in [-0.3, -0.25) is 9.59 Å². The molecule has 0 saturated heterocycles. The molecule has 0 aliphatic heterocycles. The molecule has 5 nitrogen and oxygen atoms in total. The smallest absolute Gasteiger partial charge is 0.313 e. The lowest BCUT2D eigenvalue weighted by Gasteiger charge is -2.12. The Labute approximate surface area is 151 Å². The molecular formula is C18H14F2N2O3S. The maximum atomic E-state index is 13.5. The predicted molar refractivity (Wildman–Crippen MR) is 94.8 cm³/mol. The van der Waals surface area contributed by atoms with E-state index in [2.05, 4.69) is 5.32 Å². The van der Waals surface area contributed by atoms with E-state index in [0.717, 1.165) is 28.3 Å². The third-order valence-corrected chi connectivity index (χ3v) is 4.69. The molecule has 2 amide bonds. The fraction of sp³-hybridized carbons (Fsp3) is 0.111. The Bertz CT molecular complexity index is 974. The molecule has 0 spiro atoms. The number of fused-ring (bicyclic) bond motifs is 1. The summed E-state index contributed by atoms with van der Waals surface area (Å²) in [5.41, 5.74) is 0.206. The molecule has 2 aromatic carbocycles. The number of rotatable bonds is 4. The summed E-state index contributed by atoms with van der Waals surface area (Å²) in [6, 6.07) is 9.99. The van der Waals surface area contributed by atoms with Crippen LogP contribution < -0.4 is 10.6 Å². The highest BCUT2D eigenvalue weighted by atomic mass is 32.1. The normalized spacial score (nSPS) is 12.0. The van der Waals surface area contributed by atoms with Gasteiger partial charge in [-0.05, 0) is 29.0 Å². The first-order chi connectivity index (χ1) is 12.5. The fourth-order valence-electron chi connectivity index (χ4n) is 2.41. The van der Waals surface area contributed by atoms with Crippen LogP contribution in [-0.2, 0) is 9.59 Å². The fourth-order valence-corrected chi connectivity index (χ4v) is 3.42. The minimum Gasteiger partial charge on any atom is -0.387 e. The van der Waals surface area contributed by atoms with Crippen LogP contribution in [0.1, 0.15) is 11.7 Å². The number of hydrogen-bond donors (Lipinski definition) is 3. The molecule has 0 aliphatic carbocycles. The van der Waals surface area contributed by atoms with Gasteiger partial charge >= 0.3 is 11.8 Å². The van der Waals surface area contributed by atoms with Crippen molar-refractivity contribution in [1.82, 2.24) is 5.32 Å². The molecule has 8 heteroatoms. The van der Waals surface area contributed by atoms with Gasteiger partial charge < -0.3 is 15.7 Å². The number of aliphatic hydroxyl groups excluding tert-OH is 1. The Hall–Kier alpha value is -2.84.